The number of aromatic amines is 1. The highest BCUT2D eigenvalue weighted by Gasteiger charge is 2.20. The molecule has 182 valence electrons. The van der Waals surface area contributed by atoms with E-state index in [9.17, 15) is 9.59 Å². The number of rotatable bonds is 6. The first kappa shape index (κ1) is 24.0. The highest BCUT2D eigenvalue weighted by Crippen LogP contribution is 2.33. The fourth-order valence-corrected chi connectivity index (χ4v) is 4.21. The molecule has 0 atom stereocenters. The molecule has 1 amide bonds. The van der Waals surface area contributed by atoms with Crippen LogP contribution in [0.2, 0.25) is 5.02 Å². The Balaban J connectivity index is 1.39. The van der Waals surface area contributed by atoms with Gasteiger partial charge in [0.15, 0.2) is 0 Å². The van der Waals surface area contributed by atoms with Gasteiger partial charge in [-0.2, -0.15) is 5.10 Å². The number of carbonyl (C=O) groups excluding carboxylic acids is 2. The number of carbonyl (C=O) groups is 2. The number of halogens is 1. The highest BCUT2D eigenvalue weighted by atomic mass is 35.5. The fraction of sp³-hybridized carbons (Fsp3) is 0.0333. The van der Waals surface area contributed by atoms with E-state index in [1.54, 1.807) is 48.5 Å². The number of benzene rings is 4. The maximum Gasteiger partial charge on any atom is 0.343 e. The number of amides is 1. The van der Waals surface area contributed by atoms with Gasteiger partial charge in [-0.1, -0.05) is 72.3 Å². The lowest BCUT2D eigenvalue weighted by Crippen LogP contribution is -2.19. The van der Waals surface area contributed by atoms with Crippen LogP contribution in [0.15, 0.2) is 102 Å². The molecule has 0 aliphatic rings. The van der Waals surface area contributed by atoms with Crippen molar-refractivity contribution in [2.45, 2.75) is 6.92 Å². The maximum absolute atomic E-state index is 13.2. The number of nitrogens with zero attached hydrogens (tertiary/aromatic N) is 1. The zero-order valence-corrected chi connectivity index (χ0v) is 20.6. The second kappa shape index (κ2) is 10.5. The SMILES string of the molecule is Cc1cccc2c(-c3ccccc3)c(C(=O)NN=Cc3ccccc3OC(=O)c3ccc(Cl)cc3)[nH]c12. The number of fused-ring (bicyclic) bond motifs is 1. The maximum atomic E-state index is 13.2. The van der Waals surface area contributed by atoms with Gasteiger partial charge in [0.2, 0.25) is 0 Å². The summed E-state index contributed by atoms with van der Waals surface area (Å²) in [4.78, 5) is 29.1. The van der Waals surface area contributed by atoms with Crippen LogP contribution in [0.25, 0.3) is 22.0 Å². The van der Waals surface area contributed by atoms with E-state index >= 15 is 0 Å². The molecule has 1 heterocycles. The number of H-pyrrole nitrogens is 1. The van der Waals surface area contributed by atoms with Gasteiger partial charge in [-0.05, 0) is 54.4 Å². The van der Waals surface area contributed by atoms with E-state index in [4.69, 9.17) is 16.3 Å². The molecule has 0 spiro atoms. The molecule has 1 aromatic heterocycles. The number of nitrogens with one attached hydrogen (secondary N) is 2. The molecule has 37 heavy (non-hydrogen) atoms. The Morgan fingerprint density at radius 1 is 0.892 bits per heavy atom. The zero-order chi connectivity index (χ0) is 25.8. The molecule has 0 unspecified atom stereocenters. The number of ether oxygens (including phenoxy) is 1. The third kappa shape index (κ3) is 5.15. The first-order valence-electron chi connectivity index (χ1n) is 11.6. The molecule has 0 aliphatic carbocycles. The minimum Gasteiger partial charge on any atom is -0.422 e. The Labute approximate surface area is 218 Å². The van der Waals surface area contributed by atoms with Crippen molar-refractivity contribution in [2.24, 2.45) is 5.10 Å². The molecule has 0 aliphatic heterocycles. The smallest absolute Gasteiger partial charge is 0.343 e. The molecule has 5 rings (SSSR count). The molecule has 5 aromatic rings. The molecule has 0 saturated carbocycles. The van der Waals surface area contributed by atoms with E-state index in [1.165, 1.54) is 6.21 Å². The van der Waals surface area contributed by atoms with Crippen LogP contribution in [0.5, 0.6) is 5.75 Å². The normalized spacial score (nSPS) is 11.1. The number of hydrogen-bond acceptors (Lipinski definition) is 4. The van der Waals surface area contributed by atoms with Gasteiger partial charge in [0.05, 0.1) is 11.8 Å². The number of aryl methyl sites for hydroxylation is 1. The largest absolute Gasteiger partial charge is 0.422 e. The molecule has 6 nitrogen and oxygen atoms in total. The average molecular weight is 508 g/mol. The van der Waals surface area contributed by atoms with Crippen molar-refractivity contribution in [3.63, 3.8) is 0 Å². The summed E-state index contributed by atoms with van der Waals surface area (Å²) in [7, 11) is 0. The van der Waals surface area contributed by atoms with Crippen LogP contribution in [0.4, 0.5) is 0 Å². The third-order valence-corrected chi connectivity index (χ3v) is 6.15. The first-order chi connectivity index (χ1) is 18.0. The number of aromatic nitrogens is 1. The highest BCUT2D eigenvalue weighted by molar-refractivity contribution is 6.30. The van der Waals surface area contributed by atoms with Crippen molar-refractivity contribution >= 4 is 40.6 Å². The quantitative estimate of drug-likeness (QED) is 0.115. The zero-order valence-electron chi connectivity index (χ0n) is 19.9. The number of para-hydroxylation sites is 2. The topological polar surface area (TPSA) is 83.5 Å². The van der Waals surface area contributed by atoms with E-state index in [-0.39, 0.29) is 5.91 Å². The van der Waals surface area contributed by atoms with Crippen molar-refractivity contribution in [3.05, 3.63) is 124 Å². The van der Waals surface area contributed by atoms with Gasteiger partial charge in [-0.15, -0.1) is 0 Å². The lowest BCUT2D eigenvalue weighted by atomic mass is 10.0. The summed E-state index contributed by atoms with van der Waals surface area (Å²) in [6.07, 6.45) is 1.44. The minimum atomic E-state index is -0.525. The molecule has 0 saturated heterocycles. The van der Waals surface area contributed by atoms with E-state index in [2.05, 4.69) is 15.5 Å². The monoisotopic (exact) mass is 507 g/mol. The Kier molecular flexibility index (Phi) is 6.83. The van der Waals surface area contributed by atoms with E-state index < -0.39 is 5.97 Å². The molecule has 0 radical (unpaired) electrons. The molecule has 7 heteroatoms. The van der Waals surface area contributed by atoms with Gasteiger partial charge < -0.3 is 9.72 Å². The second-order valence-electron chi connectivity index (χ2n) is 8.37. The Bertz CT molecular complexity index is 1620. The molecular formula is C30H22ClN3O3. The van der Waals surface area contributed by atoms with Crippen molar-refractivity contribution in [3.8, 4) is 16.9 Å². The molecular weight excluding hydrogens is 486 g/mol. The van der Waals surface area contributed by atoms with Gasteiger partial charge in [0.1, 0.15) is 11.4 Å². The van der Waals surface area contributed by atoms with Gasteiger partial charge in [-0.25, -0.2) is 10.2 Å². The Morgan fingerprint density at radius 3 is 2.41 bits per heavy atom. The second-order valence-corrected chi connectivity index (χ2v) is 8.81. The van der Waals surface area contributed by atoms with Crippen molar-refractivity contribution < 1.29 is 14.3 Å². The Morgan fingerprint density at radius 2 is 1.62 bits per heavy atom. The summed E-state index contributed by atoms with van der Waals surface area (Å²) in [6, 6.07) is 29.1. The molecule has 4 aromatic carbocycles. The summed E-state index contributed by atoms with van der Waals surface area (Å²) < 4.78 is 5.55. The van der Waals surface area contributed by atoms with Crippen molar-refractivity contribution in [2.75, 3.05) is 0 Å². The van der Waals surface area contributed by atoms with Crippen LogP contribution in [0.3, 0.4) is 0 Å². The summed E-state index contributed by atoms with van der Waals surface area (Å²) in [5.74, 6) is -0.601. The van der Waals surface area contributed by atoms with Crippen LogP contribution in [0.1, 0.15) is 32.0 Å². The lowest BCUT2D eigenvalue weighted by Gasteiger charge is -2.07. The third-order valence-electron chi connectivity index (χ3n) is 5.90. The van der Waals surface area contributed by atoms with Crippen LogP contribution in [0, 0.1) is 6.92 Å². The van der Waals surface area contributed by atoms with Crippen LogP contribution >= 0.6 is 11.6 Å². The number of hydrazone groups is 1. The van der Waals surface area contributed by atoms with Crippen LogP contribution < -0.4 is 10.2 Å². The van der Waals surface area contributed by atoms with Crippen molar-refractivity contribution in [1.29, 1.82) is 0 Å². The average Bonchev–Trinajstić information content (AvgIpc) is 3.31. The fourth-order valence-electron chi connectivity index (χ4n) is 4.08. The standard InChI is InChI=1S/C30H22ClN3O3/c1-19-8-7-12-24-26(20-9-3-2-4-10-20)28(33-27(19)24)29(35)34-32-18-22-11-5-6-13-25(22)37-30(36)21-14-16-23(31)17-15-21/h2-18,33H,1H3,(H,34,35). The van der Waals surface area contributed by atoms with Crippen molar-refractivity contribution in [1.82, 2.24) is 10.4 Å². The lowest BCUT2D eigenvalue weighted by molar-refractivity contribution is 0.0734. The van der Waals surface area contributed by atoms with Crippen LogP contribution in [-0.4, -0.2) is 23.1 Å². The summed E-state index contributed by atoms with van der Waals surface area (Å²) in [5, 5.41) is 5.63. The van der Waals surface area contributed by atoms with E-state index in [1.807, 2.05) is 55.5 Å². The molecule has 0 bridgehead atoms. The van der Waals surface area contributed by atoms with Crippen LogP contribution in [-0.2, 0) is 0 Å². The van der Waals surface area contributed by atoms with E-state index in [0.717, 1.165) is 27.6 Å². The number of esters is 1. The molecule has 0 fully saturated rings. The number of hydrogen-bond donors (Lipinski definition) is 2. The predicted octanol–water partition coefficient (Wildman–Crippen LogP) is 6.78. The first-order valence-corrected chi connectivity index (χ1v) is 12.0. The minimum absolute atomic E-state index is 0.312. The summed E-state index contributed by atoms with van der Waals surface area (Å²) >= 11 is 5.90. The van der Waals surface area contributed by atoms with Gasteiger partial charge in [0.25, 0.3) is 5.91 Å². The predicted molar refractivity (Wildman–Crippen MR) is 146 cm³/mol. The van der Waals surface area contributed by atoms with Gasteiger partial charge >= 0.3 is 5.97 Å². The summed E-state index contributed by atoms with van der Waals surface area (Å²) in [5.41, 5.74) is 7.58. The molecule has 2 N–H and O–H groups in total. The van der Waals surface area contributed by atoms with Gasteiger partial charge in [0, 0.05) is 27.1 Å². The van der Waals surface area contributed by atoms with E-state index in [0.29, 0.717) is 27.6 Å². The summed E-state index contributed by atoms with van der Waals surface area (Å²) in [6.45, 7) is 2.00. The van der Waals surface area contributed by atoms with Gasteiger partial charge in [-0.3, -0.25) is 4.79 Å². The Hall–Kier alpha value is -4.68.